The number of amidine groups is 1. The molecule has 0 bridgehead atoms. The number of nitrogens with two attached hydrogens (primary N) is 1. The van der Waals surface area contributed by atoms with E-state index in [-0.39, 0.29) is 0 Å². The first-order valence-corrected chi connectivity index (χ1v) is 5.92. The molecule has 2 heterocycles. The molecule has 2 atom stereocenters. The number of fused-ring (bicyclic) bond motifs is 1. The van der Waals surface area contributed by atoms with Crippen LogP contribution in [0.5, 0.6) is 0 Å². The highest BCUT2D eigenvalue weighted by Crippen LogP contribution is 2.33. The summed E-state index contributed by atoms with van der Waals surface area (Å²) in [5.74, 6) is 1.59. The third-order valence-electron chi connectivity index (χ3n) is 3.88. The molecule has 3 rings (SSSR count). The van der Waals surface area contributed by atoms with Crippen molar-refractivity contribution in [1.82, 2.24) is 4.90 Å². The molecule has 0 aromatic rings. The van der Waals surface area contributed by atoms with E-state index in [9.17, 15) is 0 Å². The maximum Gasteiger partial charge on any atom is 0.0972 e. The van der Waals surface area contributed by atoms with Gasteiger partial charge < -0.3 is 5.73 Å². The van der Waals surface area contributed by atoms with Gasteiger partial charge in [0, 0.05) is 18.5 Å². The van der Waals surface area contributed by atoms with Gasteiger partial charge >= 0.3 is 0 Å². The molecular formula is C11H19N3. The second-order valence-electron chi connectivity index (χ2n) is 4.93. The first-order valence-electron chi connectivity index (χ1n) is 5.92. The van der Waals surface area contributed by atoms with Crippen LogP contribution in [-0.4, -0.2) is 35.9 Å². The topological polar surface area (TPSA) is 41.6 Å². The van der Waals surface area contributed by atoms with Crippen LogP contribution >= 0.6 is 0 Å². The van der Waals surface area contributed by atoms with Crippen molar-refractivity contribution < 1.29 is 0 Å². The summed E-state index contributed by atoms with van der Waals surface area (Å²) in [5, 5.41) is 0. The Hall–Kier alpha value is -0.570. The average molecular weight is 193 g/mol. The summed E-state index contributed by atoms with van der Waals surface area (Å²) in [7, 11) is 0. The minimum atomic E-state index is 0.526. The lowest BCUT2D eigenvalue weighted by atomic mass is 10.1. The van der Waals surface area contributed by atoms with Crippen molar-refractivity contribution in [2.75, 3.05) is 13.1 Å². The molecule has 78 valence electrons. The zero-order chi connectivity index (χ0) is 9.54. The van der Waals surface area contributed by atoms with Crippen LogP contribution in [0, 0.1) is 5.92 Å². The summed E-state index contributed by atoms with van der Waals surface area (Å²) >= 11 is 0. The molecule has 2 unspecified atom stereocenters. The normalized spacial score (nSPS) is 39.0. The highest BCUT2D eigenvalue weighted by atomic mass is 15.2. The van der Waals surface area contributed by atoms with Crippen LogP contribution in [0.15, 0.2) is 4.99 Å². The molecule has 3 fully saturated rings. The van der Waals surface area contributed by atoms with Crippen LogP contribution < -0.4 is 5.73 Å². The summed E-state index contributed by atoms with van der Waals surface area (Å²) in [4.78, 5) is 7.33. The van der Waals surface area contributed by atoms with Gasteiger partial charge in [-0.25, -0.2) is 0 Å². The van der Waals surface area contributed by atoms with Crippen molar-refractivity contribution >= 4 is 5.84 Å². The average Bonchev–Trinajstić information content (AvgIpc) is 2.81. The Balaban J connectivity index is 1.69. The van der Waals surface area contributed by atoms with Crippen LogP contribution in [0.25, 0.3) is 0 Å². The monoisotopic (exact) mass is 193 g/mol. The number of nitrogens with zero attached hydrogens (tertiary/aromatic N) is 2. The van der Waals surface area contributed by atoms with Crippen LogP contribution in [-0.2, 0) is 0 Å². The Morgan fingerprint density at radius 2 is 2.00 bits per heavy atom. The Bertz CT molecular complexity index is 257. The van der Waals surface area contributed by atoms with E-state index in [0.29, 0.717) is 12.0 Å². The minimum Gasteiger partial charge on any atom is -0.387 e. The molecule has 2 N–H and O–H groups in total. The van der Waals surface area contributed by atoms with Crippen LogP contribution in [0.1, 0.15) is 32.1 Å². The first kappa shape index (κ1) is 8.72. The van der Waals surface area contributed by atoms with E-state index in [1.807, 2.05) is 0 Å². The predicted octanol–water partition coefficient (Wildman–Crippen LogP) is 0.990. The van der Waals surface area contributed by atoms with E-state index >= 15 is 0 Å². The molecule has 0 aromatic carbocycles. The smallest absolute Gasteiger partial charge is 0.0972 e. The minimum absolute atomic E-state index is 0.526. The van der Waals surface area contributed by atoms with Gasteiger partial charge in [0.05, 0.1) is 11.9 Å². The summed E-state index contributed by atoms with van der Waals surface area (Å²) in [5.41, 5.74) is 5.97. The summed E-state index contributed by atoms with van der Waals surface area (Å²) in [6.07, 6.45) is 6.48. The molecule has 2 aliphatic heterocycles. The molecule has 3 heteroatoms. The number of rotatable bonds is 2. The largest absolute Gasteiger partial charge is 0.387 e. The van der Waals surface area contributed by atoms with Gasteiger partial charge in [-0.15, -0.1) is 0 Å². The van der Waals surface area contributed by atoms with Gasteiger partial charge in [0.2, 0.25) is 0 Å². The Morgan fingerprint density at radius 1 is 1.14 bits per heavy atom. The van der Waals surface area contributed by atoms with E-state index in [1.165, 1.54) is 45.2 Å². The third kappa shape index (κ3) is 1.44. The lowest BCUT2D eigenvalue weighted by molar-refractivity contribution is 0.314. The van der Waals surface area contributed by atoms with E-state index in [1.54, 1.807) is 0 Å². The fourth-order valence-electron chi connectivity index (χ4n) is 2.88. The Morgan fingerprint density at radius 3 is 2.79 bits per heavy atom. The second kappa shape index (κ2) is 3.23. The quantitative estimate of drug-likeness (QED) is 0.525. The Kier molecular flexibility index (Phi) is 2.01. The van der Waals surface area contributed by atoms with E-state index in [0.717, 1.165) is 11.9 Å². The molecule has 1 aliphatic carbocycles. The lowest BCUT2D eigenvalue weighted by Gasteiger charge is -2.17. The van der Waals surface area contributed by atoms with Gasteiger partial charge in [0.25, 0.3) is 0 Å². The third-order valence-corrected chi connectivity index (χ3v) is 3.88. The summed E-state index contributed by atoms with van der Waals surface area (Å²) in [6.45, 7) is 2.54. The SMILES string of the molecule is NC(=NC1CCN2CCCC12)C1CC1. The van der Waals surface area contributed by atoms with Crippen LogP contribution in [0.2, 0.25) is 0 Å². The Labute approximate surface area is 85.4 Å². The van der Waals surface area contributed by atoms with E-state index in [2.05, 4.69) is 4.90 Å². The predicted molar refractivity (Wildman–Crippen MR) is 57.3 cm³/mol. The van der Waals surface area contributed by atoms with Crippen molar-refractivity contribution in [2.24, 2.45) is 16.6 Å². The lowest BCUT2D eigenvalue weighted by Crippen LogP contribution is -2.29. The maximum atomic E-state index is 5.97. The summed E-state index contributed by atoms with van der Waals surface area (Å²) < 4.78 is 0. The zero-order valence-electron chi connectivity index (χ0n) is 8.65. The van der Waals surface area contributed by atoms with Gasteiger partial charge in [-0.2, -0.15) is 0 Å². The van der Waals surface area contributed by atoms with Crippen molar-refractivity contribution in [3.63, 3.8) is 0 Å². The van der Waals surface area contributed by atoms with E-state index < -0.39 is 0 Å². The molecule has 0 radical (unpaired) electrons. The van der Waals surface area contributed by atoms with Crippen molar-refractivity contribution in [3.8, 4) is 0 Å². The molecule has 1 saturated carbocycles. The van der Waals surface area contributed by atoms with Crippen LogP contribution in [0.4, 0.5) is 0 Å². The van der Waals surface area contributed by atoms with Gasteiger partial charge in [0.1, 0.15) is 0 Å². The zero-order valence-corrected chi connectivity index (χ0v) is 8.65. The van der Waals surface area contributed by atoms with Crippen molar-refractivity contribution in [1.29, 1.82) is 0 Å². The molecule has 0 spiro atoms. The molecule has 3 nitrogen and oxygen atoms in total. The molecule has 0 aromatic heterocycles. The molecular weight excluding hydrogens is 174 g/mol. The van der Waals surface area contributed by atoms with Gasteiger partial charge in [-0.3, -0.25) is 9.89 Å². The number of aliphatic imine (C=N–C) groups is 1. The van der Waals surface area contributed by atoms with Crippen LogP contribution in [0.3, 0.4) is 0 Å². The number of hydrogen-bond acceptors (Lipinski definition) is 2. The standard InChI is InChI=1S/C11H19N3/c12-11(8-3-4-8)13-9-5-7-14-6-1-2-10(9)14/h8-10H,1-7H2,(H2,12,13). The van der Waals surface area contributed by atoms with Gasteiger partial charge in [-0.05, 0) is 38.6 Å². The second-order valence-corrected chi connectivity index (χ2v) is 4.93. The highest BCUT2D eigenvalue weighted by molar-refractivity contribution is 5.85. The fraction of sp³-hybridized carbons (Fsp3) is 0.909. The molecule has 3 aliphatic rings. The fourth-order valence-corrected chi connectivity index (χ4v) is 2.88. The number of hydrogen-bond donors (Lipinski definition) is 1. The van der Waals surface area contributed by atoms with Gasteiger partial charge in [0.15, 0.2) is 0 Å². The molecule has 14 heavy (non-hydrogen) atoms. The van der Waals surface area contributed by atoms with Crippen molar-refractivity contribution in [2.45, 2.75) is 44.2 Å². The van der Waals surface area contributed by atoms with E-state index in [4.69, 9.17) is 10.7 Å². The highest BCUT2D eigenvalue weighted by Gasteiger charge is 2.37. The summed E-state index contributed by atoms with van der Waals surface area (Å²) in [6, 6.07) is 1.25. The van der Waals surface area contributed by atoms with Gasteiger partial charge in [-0.1, -0.05) is 0 Å². The van der Waals surface area contributed by atoms with Crippen molar-refractivity contribution in [3.05, 3.63) is 0 Å². The molecule has 2 saturated heterocycles. The first-order chi connectivity index (χ1) is 6.84. The molecule has 0 amide bonds. The maximum absolute atomic E-state index is 5.97.